The zero-order valence-electron chi connectivity index (χ0n) is 16.9. The Balaban J connectivity index is 1.55. The lowest BCUT2D eigenvalue weighted by Gasteiger charge is -2.12. The van der Waals surface area contributed by atoms with Crippen LogP contribution in [0.2, 0.25) is 0 Å². The highest BCUT2D eigenvalue weighted by Crippen LogP contribution is 2.26. The lowest BCUT2D eigenvalue weighted by Crippen LogP contribution is -2.19. The Kier molecular flexibility index (Phi) is 5.89. The van der Waals surface area contributed by atoms with Gasteiger partial charge in [-0.2, -0.15) is 0 Å². The maximum absolute atomic E-state index is 12.1. The Labute approximate surface area is 169 Å². The van der Waals surface area contributed by atoms with E-state index in [4.69, 9.17) is 9.26 Å². The highest BCUT2D eigenvalue weighted by atomic mass is 16.5. The molecule has 1 unspecified atom stereocenters. The van der Waals surface area contributed by atoms with Gasteiger partial charge in [-0.05, 0) is 48.9 Å². The zero-order valence-corrected chi connectivity index (χ0v) is 16.9. The van der Waals surface area contributed by atoms with Crippen molar-refractivity contribution in [2.24, 2.45) is 0 Å². The average Bonchev–Trinajstić information content (AvgIpc) is 3.12. The van der Waals surface area contributed by atoms with Gasteiger partial charge in [-0.1, -0.05) is 38.1 Å². The van der Waals surface area contributed by atoms with Crippen LogP contribution in [0.5, 0.6) is 11.5 Å². The van der Waals surface area contributed by atoms with Crippen molar-refractivity contribution in [2.45, 2.75) is 39.2 Å². The van der Waals surface area contributed by atoms with Gasteiger partial charge in [0.1, 0.15) is 17.3 Å². The van der Waals surface area contributed by atoms with Crippen LogP contribution in [-0.4, -0.2) is 16.3 Å². The van der Waals surface area contributed by atoms with Crippen molar-refractivity contribution < 1.29 is 19.2 Å². The number of anilines is 2. The molecule has 0 bridgehead atoms. The number of carbonyl (C=O) groups is 1. The highest BCUT2D eigenvalue weighted by molar-refractivity contribution is 5.99. The summed E-state index contributed by atoms with van der Waals surface area (Å²) < 4.78 is 11.0. The molecule has 3 rings (SSSR count). The minimum atomic E-state index is -0.516. The van der Waals surface area contributed by atoms with Crippen LogP contribution in [0.4, 0.5) is 16.3 Å². The maximum Gasteiger partial charge on any atom is 0.324 e. The SMILES string of the molecule is CC(O)c1ccc(Oc2ccc(NC(=O)Nc3cc(C(C)(C)C)on3)cc2)cc1. The Morgan fingerprint density at radius 2 is 1.62 bits per heavy atom. The predicted octanol–water partition coefficient (Wildman–Crippen LogP) is 5.46. The Morgan fingerprint density at radius 1 is 1.03 bits per heavy atom. The summed E-state index contributed by atoms with van der Waals surface area (Å²) in [6.45, 7) is 7.72. The largest absolute Gasteiger partial charge is 0.457 e. The minimum absolute atomic E-state index is 0.185. The molecule has 7 heteroatoms. The van der Waals surface area contributed by atoms with Gasteiger partial charge >= 0.3 is 6.03 Å². The second kappa shape index (κ2) is 8.36. The number of hydrogen-bond acceptors (Lipinski definition) is 5. The van der Waals surface area contributed by atoms with Crippen molar-refractivity contribution in [3.63, 3.8) is 0 Å². The number of aromatic nitrogens is 1. The Morgan fingerprint density at radius 3 is 2.14 bits per heavy atom. The van der Waals surface area contributed by atoms with Crippen LogP contribution in [0.1, 0.15) is 45.1 Å². The minimum Gasteiger partial charge on any atom is -0.457 e. The molecule has 0 aliphatic heterocycles. The second-order valence-corrected chi connectivity index (χ2v) is 7.78. The van der Waals surface area contributed by atoms with Gasteiger partial charge in [-0.3, -0.25) is 5.32 Å². The lowest BCUT2D eigenvalue weighted by atomic mass is 9.93. The molecule has 0 saturated carbocycles. The summed E-state index contributed by atoms with van der Waals surface area (Å²) >= 11 is 0. The molecule has 29 heavy (non-hydrogen) atoms. The molecule has 2 aromatic carbocycles. The van der Waals surface area contributed by atoms with E-state index in [1.807, 2.05) is 32.9 Å². The monoisotopic (exact) mass is 395 g/mol. The molecule has 3 N–H and O–H groups in total. The van der Waals surface area contributed by atoms with Gasteiger partial charge in [-0.25, -0.2) is 4.79 Å². The third kappa shape index (κ3) is 5.58. The van der Waals surface area contributed by atoms with Crippen LogP contribution in [0.3, 0.4) is 0 Å². The van der Waals surface area contributed by atoms with Crippen molar-refractivity contribution in [2.75, 3.05) is 10.6 Å². The molecule has 1 aromatic heterocycles. The molecule has 1 atom stereocenters. The first kappa shape index (κ1) is 20.4. The molecule has 0 saturated heterocycles. The molecule has 0 radical (unpaired) electrons. The smallest absolute Gasteiger partial charge is 0.324 e. The summed E-state index contributed by atoms with van der Waals surface area (Å²) in [4.78, 5) is 12.1. The standard InChI is InChI=1S/C22H25N3O4/c1-14(26)15-5-9-17(10-6-15)28-18-11-7-16(8-12-18)23-21(27)24-20-13-19(29-25-20)22(2,3)4/h5-14,26H,1-4H3,(H2,23,24,25,27). The average molecular weight is 395 g/mol. The quantitative estimate of drug-likeness (QED) is 0.533. The van der Waals surface area contributed by atoms with E-state index in [9.17, 15) is 9.90 Å². The summed E-state index contributed by atoms with van der Waals surface area (Å²) in [6.07, 6.45) is -0.516. The summed E-state index contributed by atoms with van der Waals surface area (Å²) in [7, 11) is 0. The summed E-state index contributed by atoms with van der Waals surface area (Å²) in [6, 6.07) is 15.5. The van der Waals surface area contributed by atoms with Crippen LogP contribution < -0.4 is 15.4 Å². The van der Waals surface area contributed by atoms with Crippen molar-refractivity contribution in [3.8, 4) is 11.5 Å². The fourth-order valence-corrected chi connectivity index (χ4v) is 2.52. The van der Waals surface area contributed by atoms with E-state index in [0.717, 1.165) is 5.56 Å². The van der Waals surface area contributed by atoms with E-state index in [0.29, 0.717) is 28.8 Å². The molecule has 0 fully saturated rings. The van der Waals surface area contributed by atoms with Gasteiger partial charge in [0.15, 0.2) is 5.82 Å². The number of nitrogens with one attached hydrogen (secondary N) is 2. The predicted molar refractivity (Wildman–Crippen MR) is 111 cm³/mol. The number of aliphatic hydroxyl groups is 1. The van der Waals surface area contributed by atoms with Crippen LogP contribution in [0.15, 0.2) is 59.1 Å². The number of amides is 2. The van der Waals surface area contributed by atoms with E-state index < -0.39 is 12.1 Å². The molecule has 0 spiro atoms. The van der Waals surface area contributed by atoms with Gasteiger partial charge in [0.05, 0.1) is 6.10 Å². The number of nitrogens with zero attached hydrogens (tertiary/aromatic N) is 1. The van der Waals surface area contributed by atoms with Gasteiger partial charge in [-0.15, -0.1) is 0 Å². The first-order valence-electron chi connectivity index (χ1n) is 9.32. The topological polar surface area (TPSA) is 96.6 Å². The Bertz CT molecular complexity index is 955. The molecule has 7 nitrogen and oxygen atoms in total. The van der Waals surface area contributed by atoms with E-state index in [2.05, 4.69) is 15.8 Å². The third-order valence-corrected chi connectivity index (χ3v) is 4.20. The number of aliphatic hydroxyl groups excluding tert-OH is 1. The van der Waals surface area contributed by atoms with Gasteiger partial charge in [0, 0.05) is 17.2 Å². The Hall–Kier alpha value is -3.32. The van der Waals surface area contributed by atoms with E-state index in [1.54, 1.807) is 49.4 Å². The van der Waals surface area contributed by atoms with Crippen molar-refractivity contribution in [3.05, 3.63) is 65.9 Å². The van der Waals surface area contributed by atoms with Gasteiger partial charge in [0.25, 0.3) is 0 Å². The van der Waals surface area contributed by atoms with Crippen LogP contribution >= 0.6 is 0 Å². The van der Waals surface area contributed by atoms with E-state index >= 15 is 0 Å². The number of ether oxygens (including phenoxy) is 1. The molecule has 1 heterocycles. The normalized spacial score (nSPS) is 12.3. The van der Waals surface area contributed by atoms with Gasteiger partial charge < -0.3 is 19.7 Å². The van der Waals surface area contributed by atoms with Crippen molar-refractivity contribution >= 4 is 17.5 Å². The third-order valence-electron chi connectivity index (χ3n) is 4.20. The first-order chi connectivity index (χ1) is 13.7. The number of urea groups is 1. The van der Waals surface area contributed by atoms with Crippen LogP contribution in [0.25, 0.3) is 0 Å². The van der Waals surface area contributed by atoms with E-state index in [1.165, 1.54) is 0 Å². The van der Waals surface area contributed by atoms with Crippen molar-refractivity contribution in [1.82, 2.24) is 5.16 Å². The number of benzene rings is 2. The molecular formula is C22H25N3O4. The fraction of sp³-hybridized carbons (Fsp3) is 0.273. The first-order valence-corrected chi connectivity index (χ1v) is 9.32. The number of hydrogen-bond donors (Lipinski definition) is 3. The fourth-order valence-electron chi connectivity index (χ4n) is 2.52. The molecular weight excluding hydrogens is 370 g/mol. The maximum atomic E-state index is 12.1. The number of rotatable bonds is 5. The molecule has 3 aromatic rings. The number of carbonyl (C=O) groups excluding carboxylic acids is 1. The van der Waals surface area contributed by atoms with E-state index in [-0.39, 0.29) is 5.41 Å². The van der Waals surface area contributed by atoms with Crippen LogP contribution in [-0.2, 0) is 5.41 Å². The van der Waals surface area contributed by atoms with Crippen molar-refractivity contribution in [1.29, 1.82) is 0 Å². The molecule has 0 aliphatic carbocycles. The lowest BCUT2D eigenvalue weighted by molar-refractivity contribution is 0.199. The highest BCUT2D eigenvalue weighted by Gasteiger charge is 2.20. The summed E-state index contributed by atoms with van der Waals surface area (Å²) in [5, 5.41) is 18.8. The van der Waals surface area contributed by atoms with Crippen LogP contribution in [0, 0.1) is 0 Å². The molecule has 2 amide bonds. The molecule has 0 aliphatic rings. The summed E-state index contributed by atoms with van der Waals surface area (Å²) in [5.74, 6) is 2.34. The van der Waals surface area contributed by atoms with Gasteiger partial charge in [0.2, 0.25) is 0 Å². The molecule has 152 valence electrons. The second-order valence-electron chi connectivity index (χ2n) is 7.78. The zero-order chi connectivity index (χ0) is 21.0. The summed E-state index contributed by atoms with van der Waals surface area (Å²) in [5.41, 5.74) is 1.25.